The summed E-state index contributed by atoms with van der Waals surface area (Å²) in [5.74, 6) is -0.953. The number of H-pyrrole nitrogens is 1. The number of thiophene rings is 1. The third kappa shape index (κ3) is 2.96. The first-order chi connectivity index (χ1) is 9.99. The molecule has 0 spiro atoms. The highest BCUT2D eigenvalue weighted by Gasteiger charge is 2.20. The Morgan fingerprint density at radius 3 is 2.48 bits per heavy atom. The Hall–Kier alpha value is -1.80. The lowest BCUT2D eigenvalue weighted by Gasteiger charge is -2.01. The number of carbonyl (C=O) groups excluding carboxylic acids is 2. The van der Waals surface area contributed by atoms with Crippen LogP contribution in [0.25, 0.3) is 10.2 Å². The van der Waals surface area contributed by atoms with Crippen molar-refractivity contribution in [1.82, 2.24) is 9.97 Å². The molecule has 1 N–H and O–H groups in total. The summed E-state index contributed by atoms with van der Waals surface area (Å²) in [5.41, 5.74) is 0.706. The van der Waals surface area contributed by atoms with Crippen molar-refractivity contribution in [3.8, 4) is 0 Å². The number of rotatable bonds is 4. The Morgan fingerprint density at radius 1 is 1.24 bits per heavy atom. The highest BCUT2D eigenvalue weighted by atomic mass is 32.1. The van der Waals surface area contributed by atoms with E-state index < -0.39 is 11.9 Å². The average Bonchev–Trinajstić information content (AvgIpc) is 2.77. The van der Waals surface area contributed by atoms with E-state index in [0.29, 0.717) is 31.9 Å². The number of ether oxygens (including phenoxy) is 2. The second-order valence-electron chi connectivity index (χ2n) is 4.09. The third-order valence-corrected chi connectivity index (χ3v) is 4.20. The molecule has 0 bridgehead atoms. The first-order valence-electron chi connectivity index (χ1n) is 6.37. The van der Waals surface area contributed by atoms with Crippen molar-refractivity contribution in [3.05, 3.63) is 20.9 Å². The fraction of sp³-hybridized carbons (Fsp3) is 0.385. The van der Waals surface area contributed by atoms with E-state index in [4.69, 9.17) is 21.7 Å². The molecule has 0 aromatic carbocycles. The van der Waals surface area contributed by atoms with Gasteiger partial charge in [0.15, 0.2) is 0 Å². The van der Waals surface area contributed by atoms with Crippen LogP contribution in [0.4, 0.5) is 0 Å². The SMILES string of the molecule is CCOC(=O)c1nc2sc(C(=O)OCC)c(C)c2c(=S)[nH]1. The van der Waals surface area contributed by atoms with Gasteiger partial charge < -0.3 is 14.5 Å². The fourth-order valence-corrected chi connectivity index (χ4v) is 3.33. The molecule has 0 radical (unpaired) electrons. The molecule has 0 amide bonds. The van der Waals surface area contributed by atoms with Crippen molar-refractivity contribution >= 4 is 45.7 Å². The van der Waals surface area contributed by atoms with Gasteiger partial charge in [0.1, 0.15) is 14.3 Å². The van der Waals surface area contributed by atoms with E-state index in [9.17, 15) is 9.59 Å². The van der Waals surface area contributed by atoms with Crippen LogP contribution >= 0.6 is 23.6 Å². The van der Waals surface area contributed by atoms with E-state index in [1.165, 1.54) is 0 Å². The van der Waals surface area contributed by atoms with Gasteiger partial charge in [0.25, 0.3) is 0 Å². The molecule has 112 valence electrons. The molecule has 2 rings (SSSR count). The molecule has 21 heavy (non-hydrogen) atoms. The highest BCUT2D eigenvalue weighted by molar-refractivity contribution is 7.71. The van der Waals surface area contributed by atoms with E-state index >= 15 is 0 Å². The van der Waals surface area contributed by atoms with Crippen LogP contribution in [0.1, 0.15) is 39.7 Å². The Labute approximate surface area is 130 Å². The highest BCUT2D eigenvalue weighted by Crippen LogP contribution is 2.30. The van der Waals surface area contributed by atoms with Crippen molar-refractivity contribution in [3.63, 3.8) is 0 Å². The number of aromatic amines is 1. The Morgan fingerprint density at radius 2 is 1.86 bits per heavy atom. The standard InChI is InChI=1S/C13H14N2O4S2/c1-4-18-12(16)8-6(3)7-10(20)14-9(13(17)19-5-2)15-11(7)21-8/h4-5H2,1-3H3,(H,14,15,20). The zero-order valence-electron chi connectivity index (χ0n) is 11.8. The first kappa shape index (κ1) is 15.6. The molecule has 0 fully saturated rings. The monoisotopic (exact) mass is 326 g/mol. The molecule has 0 saturated carbocycles. The lowest BCUT2D eigenvalue weighted by molar-refractivity contribution is 0.0508. The number of hydrogen-bond donors (Lipinski definition) is 1. The molecule has 0 saturated heterocycles. The van der Waals surface area contributed by atoms with Gasteiger partial charge >= 0.3 is 11.9 Å². The average molecular weight is 326 g/mol. The maximum Gasteiger partial charge on any atom is 0.374 e. The third-order valence-electron chi connectivity index (χ3n) is 2.73. The van der Waals surface area contributed by atoms with Gasteiger partial charge in [-0.05, 0) is 26.3 Å². The van der Waals surface area contributed by atoms with Crippen LogP contribution in [0.3, 0.4) is 0 Å². The smallest absolute Gasteiger partial charge is 0.374 e. The van der Waals surface area contributed by atoms with Crippen molar-refractivity contribution in [2.75, 3.05) is 13.2 Å². The zero-order valence-corrected chi connectivity index (χ0v) is 13.4. The number of aryl methyl sites for hydroxylation is 1. The van der Waals surface area contributed by atoms with Crippen LogP contribution < -0.4 is 0 Å². The minimum Gasteiger partial charge on any atom is -0.462 e. The second-order valence-corrected chi connectivity index (χ2v) is 5.50. The summed E-state index contributed by atoms with van der Waals surface area (Å²) < 4.78 is 10.2. The lowest BCUT2D eigenvalue weighted by atomic mass is 10.2. The lowest BCUT2D eigenvalue weighted by Crippen LogP contribution is -2.09. The largest absolute Gasteiger partial charge is 0.462 e. The van der Waals surface area contributed by atoms with Crippen molar-refractivity contribution in [1.29, 1.82) is 0 Å². The molecule has 0 aliphatic heterocycles. The number of fused-ring (bicyclic) bond motifs is 1. The molecule has 0 atom stereocenters. The van der Waals surface area contributed by atoms with E-state index in [1.807, 2.05) is 0 Å². The van der Waals surface area contributed by atoms with Crippen molar-refractivity contribution in [2.45, 2.75) is 20.8 Å². The quantitative estimate of drug-likeness (QED) is 0.687. The number of esters is 2. The first-order valence-corrected chi connectivity index (χ1v) is 7.59. The second kappa shape index (κ2) is 6.31. The molecular formula is C13H14N2O4S2. The minimum absolute atomic E-state index is 0.0333. The molecule has 0 aliphatic carbocycles. The van der Waals surface area contributed by atoms with Gasteiger partial charge in [-0.2, -0.15) is 0 Å². The Kier molecular flexibility index (Phi) is 4.69. The summed E-state index contributed by atoms with van der Waals surface area (Å²) in [4.78, 5) is 31.5. The summed E-state index contributed by atoms with van der Waals surface area (Å²) >= 11 is 6.40. The van der Waals surface area contributed by atoms with E-state index in [1.54, 1.807) is 20.8 Å². The maximum atomic E-state index is 11.9. The number of nitrogens with zero attached hydrogens (tertiary/aromatic N) is 1. The molecule has 2 aromatic rings. The van der Waals surface area contributed by atoms with Crippen LogP contribution in [-0.2, 0) is 9.47 Å². The Balaban J connectivity index is 2.58. The number of aromatic nitrogens is 2. The van der Waals surface area contributed by atoms with Crippen molar-refractivity contribution in [2.24, 2.45) is 0 Å². The van der Waals surface area contributed by atoms with E-state index in [-0.39, 0.29) is 12.4 Å². The summed E-state index contributed by atoms with van der Waals surface area (Å²) in [7, 11) is 0. The molecule has 0 unspecified atom stereocenters. The summed E-state index contributed by atoms with van der Waals surface area (Å²) in [6.45, 7) is 5.77. The molecule has 0 aliphatic rings. The topological polar surface area (TPSA) is 81.3 Å². The number of carbonyl (C=O) groups is 2. The predicted molar refractivity (Wildman–Crippen MR) is 81.5 cm³/mol. The van der Waals surface area contributed by atoms with E-state index in [2.05, 4.69) is 9.97 Å². The van der Waals surface area contributed by atoms with Crippen LogP contribution in [0.5, 0.6) is 0 Å². The van der Waals surface area contributed by atoms with Gasteiger partial charge in [-0.15, -0.1) is 11.3 Å². The van der Waals surface area contributed by atoms with Gasteiger partial charge in [0.05, 0.1) is 13.2 Å². The number of hydrogen-bond acceptors (Lipinski definition) is 7. The maximum absolute atomic E-state index is 11.9. The van der Waals surface area contributed by atoms with Crippen LogP contribution in [0.2, 0.25) is 0 Å². The van der Waals surface area contributed by atoms with Crippen LogP contribution in [0.15, 0.2) is 0 Å². The predicted octanol–water partition coefficient (Wildman–Crippen LogP) is 3.02. The molecule has 6 nitrogen and oxygen atoms in total. The van der Waals surface area contributed by atoms with Gasteiger partial charge in [-0.3, -0.25) is 0 Å². The normalized spacial score (nSPS) is 10.6. The van der Waals surface area contributed by atoms with Gasteiger partial charge in [-0.1, -0.05) is 12.2 Å². The summed E-state index contributed by atoms with van der Waals surface area (Å²) in [6, 6.07) is 0. The summed E-state index contributed by atoms with van der Waals surface area (Å²) in [5, 5.41) is 0.658. The molecule has 2 heterocycles. The van der Waals surface area contributed by atoms with E-state index in [0.717, 1.165) is 11.3 Å². The van der Waals surface area contributed by atoms with Gasteiger partial charge in [0.2, 0.25) is 5.82 Å². The number of nitrogens with one attached hydrogen (secondary N) is 1. The molecular weight excluding hydrogens is 312 g/mol. The fourth-order valence-electron chi connectivity index (χ4n) is 1.83. The molecule has 8 heteroatoms. The van der Waals surface area contributed by atoms with Crippen LogP contribution in [0, 0.1) is 11.6 Å². The summed E-state index contributed by atoms with van der Waals surface area (Å²) in [6.07, 6.45) is 0. The van der Waals surface area contributed by atoms with Gasteiger partial charge in [0, 0.05) is 5.39 Å². The minimum atomic E-state index is -0.575. The van der Waals surface area contributed by atoms with Gasteiger partial charge in [-0.25, -0.2) is 14.6 Å². The Bertz CT molecular complexity index is 763. The zero-order chi connectivity index (χ0) is 15.6. The van der Waals surface area contributed by atoms with Crippen molar-refractivity contribution < 1.29 is 19.1 Å². The molecule has 2 aromatic heterocycles. The van der Waals surface area contributed by atoms with Crippen LogP contribution in [-0.4, -0.2) is 35.1 Å².